The molecule has 24 heavy (non-hydrogen) atoms. The zero-order chi connectivity index (χ0) is 17.5. The lowest BCUT2D eigenvalue weighted by atomic mass is 9.85. The Morgan fingerprint density at radius 1 is 0.917 bits per heavy atom. The van der Waals surface area contributed by atoms with Crippen molar-refractivity contribution in [3.8, 4) is 0 Å². The summed E-state index contributed by atoms with van der Waals surface area (Å²) in [6.07, 6.45) is 15.5. The Hall–Kier alpha value is -0.410. The molecule has 1 saturated heterocycles. The van der Waals surface area contributed by atoms with Gasteiger partial charge in [0.25, 0.3) is 0 Å². The van der Waals surface area contributed by atoms with Gasteiger partial charge in [0, 0.05) is 38.5 Å². The maximum absolute atomic E-state index is 11.2. The third-order valence-electron chi connectivity index (χ3n) is 5.45. The van der Waals surface area contributed by atoms with E-state index in [-0.39, 0.29) is 0 Å². The molecule has 0 atom stereocenters. The Balaban J connectivity index is 0.000000254. The SMILES string of the molecule is CCC(=O)C1CCCCC1.CCCCCCCCN1CCNCC1. The van der Waals surface area contributed by atoms with Gasteiger partial charge in [-0.25, -0.2) is 0 Å². The van der Waals surface area contributed by atoms with E-state index in [4.69, 9.17) is 0 Å². The van der Waals surface area contributed by atoms with Crippen LogP contribution in [0, 0.1) is 5.92 Å². The standard InChI is InChI=1S/C12H26N2.C9H16O/c1-2-3-4-5-6-7-10-14-11-8-13-9-12-14;1-2-9(10)8-6-4-3-5-7-8/h13H,2-12H2,1H3;8H,2-7H2,1H3. The molecule has 3 nitrogen and oxygen atoms in total. The van der Waals surface area contributed by atoms with Crippen LogP contribution in [0.1, 0.15) is 90.9 Å². The van der Waals surface area contributed by atoms with E-state index in [2.05, 4.69) is 17.1 Å². The van der Waals surface area contributed by atoms with Crippen LogP contribution in [0.3, 0.4) is 0 Å². The van der Waals surface area contributed by atoms with Crippen LogP contribution in [0.4, 0.5) is 0 Å². The van der Waals surface area contributed by atoms with Gasteiger partial charge in [0.1, 0.15) is 5.78 Å². The van der Waals surface area contributed by atoms with Crippen LogP contribution < -0.4 is 5.32 Å². The third kappa shape index (κ3) is 10.5. The number of carbonyl (C=O) groups is 1. The molecule has 1 saturated carbocycles. The summed E-state index contributed by atoms with van der Waals surface area (Å²) in [7, 11) is 0. The first-order chi connectivity index (χ1) is 11.8. The lowest BCUT2D eigenvalue weighted by Gasteiger charge is -2.26. The number of ketones is 1. The normalized spacial score (nSPS) is 19.6. The molecule has 0 spiro atoms. The fourth-order valence-electron chi connectivity index (χ4n) is 3.76. The van der Waals surface area contributed by atoms with Crippen molar-refractivity contribution in [2.24, 2.45) is 5.92 Å². The van der Waals surface area contributed by atoms with Crippen molar-refractivity contribution in [1.82, 2.24) is 10.2 Å². The van der Waals surface area contributed by atoms with Gasteiger partial charge in [-0.15, -0.1) is 0 Å². The molecule has 2 rings (SSSR count). The largest absolute Gasteiger partial charge is 0.314 e. The molecule has 1 aliphatic heterocycles. The maximum Gasteiger partial charge on any atom is 0.135 e. The summed E-state index contributed by atoms with van der Waals surface area (Å²) in [5.41, 5.74) is 0. The summed E-state index contributed by atoms with van der Waals surface area (Å²) in [4.78, 5) is 13.8. The number of hydrogen-bond donors (Lipinski definition) is 1. The molecule has 3 heteroatoms. The molecule has 1 heterocycles. The zero-order valence-corrected chi connectivity index (χ0v) is 16.5. The summed E-state index contributed by atoms with van der Waals surface area (Å²) in [6, 6.07) is 0. The number of piperazine rings is 1. The minimum Gasteiger partial charge on any atom is -0.314 e. The van der Waals surface area contributed by atoms with Crippen LogP contribution in [0.5, 0.6) is 0 Å². The molecule has 142 valence electrons. The van der Waals surface area contributed by atoms with Crippen molar-refractivity contribution in [3.63, 3.8) is 0 Å². The van der Waals surface area contributed by atoms with Gasteiger partial charge < -0.3 is 10.2 Å². The molecular formula is C21H42N2O. The Kier molecular flexibility index (Phi) is 13.4. The molecular weight excluding hydrogens is 296 g/mol. The smallest absolute Gasteiger partial charge is 0.135 e. The van der Waals surface area contributed by atoms with Gasteiger partial charge in [0.05, 0.1) is 0 Å². The summed E-state index contributed by atoms with van der Waals surface area (Å²) in [6.45, 7) is 10.5. The fourth-order valence-corrected chi connectivity index (χ4v) is 3.76. The molecule has 0 amide bonds. The topological polar surface area (TPSA) is 32.3 Å². The number of hydrogen-bond acceptors (Lipinski definition) is 3. The first kappa shape index (κ1) is 21.6. The monoisotopic (exact) mass is 338 g/mol. The molecule has 1 N–H and O–H groups in total. The number of unbranched alkanes of at least 4 members (excludes halogenated alkanes) is 5. The molecule has 2 aliphatic rings. The van der Waals surface area contributed by atoms with Crippen LogP contribution in [0.2, 0.25) is 0 Å². The highest BCUT2D eigenvalue weighted by molar-refractivity contribution is 5.80. The van der Waals surface area contributed by atoms with E-state index in [1.54, 1.807) is 0 Å². The number of nitrogens with zero attached hydrogens (tertiary/aromatic N) is 1. The Labute approximate surface area is 151 Å². The maximum atomic E-state index is 11.2. The number of nitrogens with one attached hydrogen (secondary N) is 1. The van der Waals surface area contributed by atoms with Gasteiger partial charge in [-0.3, -0.25) is 4.79 Å². The fraction of sp³-hybridized carbons (Fsp3) is 0.952. The van der Waals surface area contributed by atoms with Gasteiger partial charge in [0.2, 0.25) is 0 Å². The predicted molar refractivity (Wildman–Crippen MR) is 105 cm³/mol. The number of rotatable bonds is 9. The van der Waals surface area contributed by atoms with E-state index in [0.717, 1.165) is 19.3 Å². The van der Waals surface area contributed by atoms with Crippen LogP contribution in [0.25, 0.3) is 0 Å². The highest BCUT2D eigenvalue weighted by Crippen LogP contribution is 2.24. The van der Waals surface area contributed by atoms with E-state index < -0.39 is 0 Å². The highest BCUT2D eigenvalue weighted by atomic mass is 16.1. The molecule has 0 aromatic rings. The lowest BCUT2D eigenvalue weighted by Crippen LogP contribution is -2.43. The van der Waals surface area contributed by atoms with Crippen LogP contribution in [0.15, 0.2) is 0 Å². The molecule has 2 fully saturated rings. The Bertz CT molecular complexity index is 294. The van der Waals surface area contributed by atoms with Gasteiger partial charge in [-0.2, -0.15) is 0 Å². The first-order valence-electron chi connectivity index (χ1n) is 10.7. The molecule has 1 aliphatic carbocycles. The average Bonchev–Trinajstić information content (AvgIpc) is 2.66. The second-order valence-corrected chi connectivity index (χ2v) is 7.51. The second-order valence-electron chi connectivity index (χ2n) is 7.51. The summed E-state index contributed by atoms with van der Waals surface area (Å²) in [5, 5.41) is 3.39. The molecule has 0 unspecified atom stereocenters. The first-order valence-corrected chi connectivity index (χ1v) is 10.7. The highest BCUT2D eigenvalue weighted by Gasteiger charge is 2.18. The van der Waals surface area contributed by atoms with Gasteiger partial charge in [-0.05, 0) is 25.8 Å². The van der Waals surface area contributed by atoms with Crippen LogP contribution in [-0.2, 0) is 4.79 Å². The molecule has 0 bridgehead atoms. The minimum absolute atomic E-state index is 0.429. The predicted octanol–water partition coefficient (Wildman–Crippen LogP) is 4.80. The van der Waals surface area contributed by atoms with E-state index in [1.165, 1.54) is 90.5 Å². The van der Waals surface area contributed by atoms with Crippen molar-refractivity contribution >= 4 is 5.78 Å². The molecule has 0 radical (unpaired) electrons. The number of carbonyl (C=O) groups excluding carboxylic acids is 1. The van der Waals surface area contributed by atoms with Crippen molar-refractivity contribution in [2.75, 3.05) is 32.7 Å². The number of Topliss-reactive ketones (excluding diaryl/α,β-unsaturated/α-hetero) is 1. The van der Waals surface area contributed by atoms with E-state index in [9.17, 15) is 4.79 Å². The lowest BCUT2D eigenvalue weighted by molar-refractivity contribution is -0.123. The minimum atomic E-state index is 0.429. The summed E-state index contributed by atoms with van der Waals surface area (Å²) >= 11 is 0. The second kappa shape index (κ2) is 14.9. The van der Waals surface area contributed by atoms with Gasteiger partial charge in [0.15, 0.2) is 0 Å². The molecule has 0 aromatic carbocycles. The van der Waals surface area contributed by atoms with Crippen molar-refractivity contribution in [2.45, 2.75) is 90.9 Å². The third-order valence-corrected chi connectivity index (χ3v) is 5.45. The Morgan fingerprint density at radius 2 is 1.54 bits per heavy atom. The van der Waals surface area contributed by atoms with E-state index in [0.29, 0.717) is 11.7 Å². The van der Waals surface area contributed by atoms with Crippen LogP contribution in [-0.4, -0.2) is 43.4 Å². The average molecular weight is 339 g/mol. The van der Waals surface area contributed by atoms with E-state index in [1.807, 2.05) is 6.92 Å². The zero-order valence-electron chi connectivity index (χ0n) is 16.5. The summed E-state index contributed by atoms with van der Waals surface area (Å²) in [5.74, 6) is 0.915. The van der Waals surface area contributed by atoms with Crippen molar-refractivity contribution in [3.05, 3.63) is 0 Å². The summed E-state index contributed by atoms with van der Waals surface area (Å²) < 4.78 is 0. The van der Waals surface area contributed by atoms with Crippen LogP contribution >= 0.6 is 0 Å². The van der Waals surface area contributed by atoms with Gasteiger partial charge in [-0.1, -0.05) is 65.2 Å². The van der Waals surface area contributed by atoms with E-state index >= 15 is 0 Å². The quantitative estimate of drug-likeness (QED) is 0.613. The van der Waals surface area contributed by atoms with Gasteiger partial charge >= 0.3 is 0 Å². The Morgan fingerprint density at radius 3 is 2.17 bits per heavy atom. The van der Waals surface area contributed by atoms with Crippen molar-refractivity contribution < 1.29 is 4.79 Å². The molecule has 0 aromatic heterocycles. The van der Waals surface area contributed by atoms with Crippen molar-refractivity contribution in [1.29, 1.82) is 0 Å².